The van der Waals surface area contributed by atoms with Gasteiger partial charge in [0, 0.05) is 24.3 Å². The van der Waals surface area contributed by atoms with E-state index in [4.69, 9.17) is 9.72 Å². The van der Waals surface area contributed by atoms with Crippen molar-refractivity contribution in [2.45, 2.75) is 57.6 Å². The molecule has 1 aliphatic carbocycles. The summed E-state index contributed by atoms with van der Waals surface area (Å²) in [7, 11) is 0. The van der Waals surface area contributed by atoms with E-state index in [-0.39, 0.29) is 12.0 Å². The van der Waals surface area contributed by atoms with Gasteiger partial charge in [-0.25, -0.2) is 19.9 Å². The van der Waals surface area contributed by atoms with Gasteiger partial charge in [0.1, 0.15) is 11.3 Å². The summed E-state index contributed by atoms with van der Waals surface area (Å²) in [6.07, 6.45) is 10.2. The summed E-state index contributed by atoms with van der Waals surface area (Å²) in [5, 5.41) is 4.50. The first-order valence-corrected chi connectivity index (χ1v) is 9.31. The Morgan fingerprint density at radius 2 is 1.88 bits per heavy atom. The topological polar surface area (TPSA) is 78.6 Å². The number of hydrogen-bond acceptors (Lipinski definition) is 6. The molecule has 3 aromatic rings. The minimum Gasteiger partial charge on any atom is -0.373 e. The summed E-state index contributed by atoms with van der Waals surface area (Å²) in [6.45, 7) is 4.63. The maximum atomic E-state index is 6.01. The first kappa shape index (κ1) is 15.8. The van der Waals surface area contributed by atoms with Gasteiger partial charge in [-0.15, -0.1) is 0 Å². The standard InChI is InChI=1S/C19H22N6O/c1-11-12(2)23-19-16(22-11)9-20-18(24-19)13-5-6-26-17(7-13)14-8-21-25(10-14)15-3-4-15/h8-10,13,15,17H,3-7H2,1-2H3. The molecular weight excluding hydrogens is 328 g/mol. The second-order valence-corrected chi connectivity index (χ2v) is 7.40. The Labute approximate surface area is 151 Å². The molecule has 7 nitrogen and oxygen atoms in total. The summed E-state index contributed by atoms with van der Waals surface area (Å²) in [5.74, 6) is 1.11. The third-order valence-corrected chi connectivity index (χ3v) is 5.42. The van der Waals surface area contributed by atoms with Crippen molar-refractivity contribution in [3.8, 4) is 0 Å². The lowest BCUT2D eigenvalue weighted by Gasteiger charge is -2.28. The number of aromatic nitrogens is 6. The fourth-order valence-electron chi connectivity index (χ4n) is 3.56. The summed E-state index contributed by atoms with van der Waals surface area (Å²) in [4.78, 5) is 18.4. The van der Waals surface area contributed by atoms with Crippen LogP contribution in [0.4, 0.5) is 0 Å². The lowest BCUT2D eigenvalue weighted by molar-refractivity contribution is 0.00395. The van der Waals surface area contributed by atoms with Crippen molar-refractivity contribution in [1.29, 1.82) is 0 Å². The molecule has 4 heterocycles. The maximum Gasteiger partial charge on any atom is 0.181 e. The minimum absolute atomic E-state index is 0.0615. The molecule has 1 aliphatic heterocycles. The number of aryl methyl sites for hydroxylation is 2. The highest BCUT2D eigenvalue weighted by molar-refractivity contribution is 5.68. The first-order valence-electron chi connectivity index (χ1n) is 9.31. The van der Waals surface area contributed by atoms with Crippen LogP contribution in [0.25, 0.3) is 11.2 Å². The van der Waals surface area contributed by atoms with E-state index in [0.717, 1.165) is 41.1 Å². The number of ether oxygens (including phenoxy) is 1. The van der Waals surface area contributed by atoms with Crippen LogP contribution in [0.15, 0.2) is 18.6 Å². The van der Waals surface area contributed by atoms with Gasteiger partial charge in [0.2, 0.25) is 0 Å². The van der Waals surface area contributed by atoms with Gasteiger partial charge in [-0.05, 0) is 39.5 Å². The Morgan fingerprint density at radius 3 is 2.73 bits per heavy atom. The van der Waals surface area contributed by atoms with E-state index in [1.807, 2.05) is 20.0 Å². The molecule has 134 valence electrons. The summed E-state index contributed by atoms with van der Waals surface area (Å²) in [5.41, 5.74) is 4.44. The van der Waals surface area contributed by atoms with Gasteiger partial charge in [-0.1, -0.05) is 0 Å². The highest BCUT2D eigenvalue weighted by Gasteiger charge is 2.30. The predicted molar refractivity (Wildman–Crippen MR) is 95.8 cm³/mol. The highest BCUT2D eigenvalue weighted by Crippen LogP contribution is 2.38. The fourth-order valence-corrected chi connectivity index (χ4v) is 3.56. The smallest absolute Gasteiger partial charge is 0.181 e. The van der Waals surface area contributed by atoms with Crippen molar-refractivity contribution < 1.29 is 4.74 Å². The van der Waals surface area contributed by atoms with E-state index in [1.165, 1.54) is 12.8 Å². The normalized spacial score (nSPS) is 23.5. The average Bonchev–Trinajstić information content (AvgIpc) is 3.39. The van der Waals surface area contributed by atoms with Gasteiger partial charge in [0.15, 0.2) is 5.65 Å². The Kier molecular flexibility index (Phi) is 3.70. The molecule has 2 fully saturated rings. The van der Waals surface area contributed by atoms with E-state index < -0.39 is 0 Å². The molecule has 2 aliphatic rings. The third kappa shape index (κ3) is 2.86. The Balaban J connectivity index is 1.40. The monoisotopic (exact) mass is 350 g/mol. The molecule has 1 saturated carbocycles. The van der Waals surface area contributed by atoms with Crippen LogP contribution >= 0.6 is 0 Å². The number of hydrogen-bond donors (Lipinski definition) is 0. The van der Waals surface area contributed by atoms with E-state index in [1.54, 1.807) is 6.20 Å². The molecule has 0 radical (unpaired) electrons. The van der Waals surface area contributed by atoms with E-state index in [0.29, 0.717) is 18.3 Å². The molecule has 0 N–H and O–H groups in total. The summed E-state index contributed by atoms with van der Waals surface area (Å²) >= 11 is 0. The van der Waals surface area contributed by atoms with Crippen LogP contribution in [-0.4, -0.2) is 36.3 Å². The van der Waals surface area contributed by atoms with Gasteiger partial charge in [-0.3, -0.25) is 4.68 Å². The zero-order valence-corrected chi connectivity index (χ0v) is 15.1. The van der Waals surface area contributed by atoms with Crippen LogP contribution in [0, 0.1) is 13.8 Å². The Morgan fingerprint density at radius 1 is 1.04 bits per heavy atom. The van der Waals surface area contributed by atoms with Gasteiger partial charge < -0.3 is 4.74 Å². The zero-order chi connectivity index (χ0) is 17.7. The van der Waals surface area contributed by atoms with Gasteiger partial charge >= 0.3 is 0 Å². The van der Waals surface area contributed by atoms with Gasteiger partial charge in [-0.2, -0.15) is 5.10 Å². The van der Waals surface area contributed by atoms with Crippen LogP contribution in [0.5, 0.6) is 0 Å². The third-order valence-electron chi connectivity index (χ3n) is 5.42. The van der Waals surface area contributed by atoms with Crippen LogP contribution in [0.1, 0.15) is 66.5 Å². The second kappa shape index (κ2) is 6.09. The van der Waals surface area contributed by atoms with Crippen molar-refractivity contribution in [3.63, 3.8) is 0 Å². The van der Waals surface area contributed by atoms with Crippen LogP contribution in [0.2, 0.25) is 0 Å². The Bertz CT molecular complexity index is 964. The van der Waals surface area contributed by atoms with Crippen molar-refractivity contribution in [2.75, 3.05) is 6.61 Å². The molecule has 0 aromatic carbocycles. The molecular formula is C19H22N6O. The van der Waals surface area contributed by atoms with Crippen molar-refractivity contribution >= 4 is 11.2 Å². The fraction of sp³-hybridized carbons (Fsp3) is 0.526. The zero-order valence-electron chi connectivity index (χ0n) is 15.1. The van der Waals surface area contributed by atoms with Crippen molar-refractivity contribution in [3.05, 3.63) is 41.4 Å². The molecule has 3 aromatic heterocycles. The predicted octanol–water partition coefficient (Wildman–Crippen LogP) is 3.20. The lowest BCUT2D eigenvalue weighted by atomic mass is 9.92. The van der Waals surface area contributed by atoms with E-state index in [2.05, 4.69) is 30.9 Å². The summed E-state index contributed by atoms with van der Waals surface area (Å²) in [6, 6.07) is 0.595. The quantitative estimate of drug-likeness (QED) is 0.722. The molecule has 0 spiro atoms. The number of nitrogens with zero attached hydrogens (tertiary/aromatic N) is 6. The van der Waals surface area contributed by atoms with E-state index in [9.17, 15) is 0 Å². The molecule has 5 rings (SSSR count). The maximum absolute atomic E-state index is 6.01. The molecule has 26 heavy (non-hydrogen) atoms. The van der Waals surface area contributed by atoms with E-state index >= 15 is 0 Å². The number of fused-ring (bicyclic) bond motifs is 1. The van der Waals surface area contributed by atoms with Crippen LogP contribution in [-0.2, 0) is 4.74 Å². The molecule has 0 bridgehead atoms. The van der Waals surface area contributed by atoms with Crippen LogP contribution in [0.3, 0.4) is 0 Å². The largest absolute Gasteiger partial charge is 0.373 e. The lowest BCUT2D eigenvalue weighted by Crippen LogP contribution is -2.20. The molecule has 2 unspecified atom stereocenters. The second-order valence-electron chi connectivity index (χ2n) is 7.40. The Hall–Kier alpha value is -2.41. The number of rotatable bonds is 3. The van der Waals surface area contributed by atoms with Gasteiger partial charge in [0.05, 0.1) is 35.9 Å². The van der Waals surface area contributed by atoms with Crippen molar-refractivity contribution in [1.82, 2.24) is 29.7 Å². The first-order chi connectivity index (χ1) is 12.7. The molecule has 0 amide bonds. The minimum atomic E-state index is 0.0615. The SMILES string of the molecule is Cc1nc2cnc(C3CCOC(c4cnn(C5CC5)c4)C3)nc2nc1C. The van der Waals surface area contributed by atoms with Crippen LogP contribution < -0.4 is 0 Å². The van der Waals surface area contributed by atoms with Crippen molar-refractivity contribution in [2.24, 2.45) is 0 Å². The van der Waals surface area contributed by atoms with Gasteiger partial charge in [0.25, 0.3) is 0 Å². The molecule has 2 atom stereocenters. The highest BCUT2D eigenvalue weighted by atomic mass is 16.5. The average molecular weight is 350 g/mol. The molecule has 1 saturated heterocycles. The summed E-state index contributed by atoms with van der Waals surface area (Å²) < 4.78 is 8.09. The molecule has 7 heteroatoms.